The lowest BCUT2D eigenvalue weighted by atomic mass is 9.99. The number of halogens is 1. The fourth-order valence-corrected chi connectivity index (χ4v) is 0.995. The summed E-state index contributed by atoms with van der Waals surface area (Å²) in [6, 6.07) is -3.54. The van der Waals surface area contributed by atoms with Gasteiger partial charge in [0, 0.05) is 39.6 Å². The summed E-state index contributed by atoms with van der Waals surface area (Å²) in [4.78, 5) is -0.258. The molecule has 76 valence electrons. The minimum Gasteiger partial charge on any atom is -0.372 e. The van der Waals surface area contributed by atoms with Crippen LogP contribution in [-0.2, 0) is 0 Å². The number of rotatable bonds is 1. The zero-order chi connectivity index (χ0) is 24.0. The van der Waals surface area contributed by atoms with E-state index in [1.54, 1.807) is 0 Å². The molecule has 14 heavy (non-hydrogen) atoms. The van der Waals surface area contributed by atoms with Crippen molar-refractivity contribution < 1.29 is 21.9 Å². The topological polar surface area (TPSA) is 3.24 Å². The van der Waals surface area contributed by atoms with Gasteiger partial charge in [0.25, 0.3) is 0 Å². The van der Waals surface area contributed by atoms with Crippen LogP contribution in [0, 0.1) is 5.89 Å². The van der Waals surface area contributed by atoms with Crippen LogP contribution in [0.1, 0.15) is 41.5 Å². The van der Waals surface area contributed by atoms with Gasteiger partial charge in [0.15, 0.2) is 0 Å². The van der Waals surface area contributed by atoms with Gasteiger partial charge in [-0.25, -0.2) is 0 Å². The maximum Gasteiger partial charge on any atom is 0.0645 e. The highest BCUT2D eigenvalue weighted by atomic mass is 79.9. The van der Waals surface area contributed by atoms with E-state index in [2.05, 4.69) is 15.9 Å². The Labute approximate surface area is 117 Å². The maximum atomic E-state index is 8.22. The summed E-state index contributed by atoms with van der Waals surface area (Å²) in [7, 11) is 0. The normalized spacial score (nSPS) is 52.8. The van der Waals surface area contributed by atoms with Gasteiger partial charge in [0.05, 0.1) is 5.48 Å². The van der Waals surface area contributed by atoms with Crippen LogP contribution in [-0.4, -0.2) is 13.0 Å². The molecule has 0 amide bonds. The Bertz CT molecular complexity index is 832. The van der Waals surface area contributed by atoms with Crippen molar-refractivity contribution in [3.63, 3.8) is 0 Å². The van der Waals surface area contributed by atoms with Gasteiger partial charge < -0.3 is 4.90 Å². The highest BCUT2D eigenvalue weighted by molar-refractivity contribution is 9.10. The van der Waals surface area contributed by atoms with Gasteiger partial charge in [0.2, 0.25) is 0 Å². The Morgan fingerprint density at radius 2 is 2.14 bits per heavy atom. The summed E-state index contributed by atoms with van der Waals surface area (Å²) in [5.41, 5.74) is -1.11. The van der Waals surface area contributed by atoms with Crippen molar-refractivity contribution in [3.05, 3.63) is 28.6 Å². The Morgan fingerprint density at radius 1 is 1.50 bits per heavy atom. The molecule has 0 atom stereocenters. The molecule has 1 saturated heterocycles. The first kappa shape index (κ1) is 2.27. The third-order valence-electron chi connectivity index (χ3n) is 1.39. The molecule has 0 bridgehead atoms. The van der Waals surface area contributed by atoms with Crippen molar-refractivity contribution in [2.24, 2.45) is 5.89 Å². The third kappa shape index (κ3) is 2.30. The summed E-state index contributed by atoms with van der Waals surface area (Å²) in [5, 5.41) is 0. The van der Waals surface area contributed by atoms with Gasteiger partial charge >= 0.3 is 0 Å². The predicted molar refractivity (Wildman–Crippen MR) is 64.8 cm³/mol. The standard InChI is InChI=1S/C12H16BrN/c1-10-6-8-14(9-7-10)12-4-2-11(13)3-5-12/h2-5,10H,6-9H2,1H3/i1D3,2D,3D,4D,5D,6D2,7D2,8D2,9D2,10D. The summed E-state index contributed by atoms with van der Waals surface area (Å²) in [5.74, 6) is -3.94. The molecule has 2 heteroatoms. The van der Waals surface area contributed by atoms with Crippen molar-refractivity contribution in [2.75, 3.05) is 17.9 Å². The average Bonchev–Trinajstić information content (AvgIpc) is 2.58. The lowest BCUT2D eigenvalue weighted by molar-refractivity contribution is 0.438. The maximum absolute atomic E-state index is 8.22. The quantitative estimate of drug-likeness (QED) is 0.752. The van der Waals surface area contributed by atoms with E-state index in [0.29, 0.717) is 0 Å². The number of piperidine rings is 1. The van der Waals surface area contributed by atoms with Crippen molar-refractivity contribution in [2.45, 2.75) is 19.6 Å². The van der Waals surface area contributed by atoms with Crippen LogP contribution in [0.5, 0.6) is 0 Å². The van der Waals surface area contributed by atoms with Crippen molar-refractivity contribution in [1.82, 2.24) is 0 Å². The highest BCUT2D eigenvalue weighted by Gasteiger charge is 2.15. The third-order valence-corrected chi connectivity index (χ3v) is 1.79. The van der Waals surface area contributed by atoms with E-state index >= 15 is 0 Å². The van der Waals surface area contributed by atoms with E-state index in [1.807, 2.05) is 0 Å². The van der Waals surface area contributed by atoms with Crippen LogP contribution >= 0.6 is 15.9 Å². The van der Waals surface area contributed by atoms with Gasteiger partial charge in [0.1, 0.15) is 0 Å². The molecular formula is C12H16BrN. The number of hydrogen-bond donors (Lipinski definition) is 0. The van der Waals surface area contributed by atoms with Gasteiger partial charge in [-0.2, -0.15) is 0 Å². The predicted octanol–water partition coefficient (Wildman–Crippen LogP) is 3.69. The fraction of sp³-hybridized carbons (Fsp3) is 0.500. The number of nitrogens with zero attached hydrogens (tertiary/aromatic N) is 1. The first-order chi connectivity index (χ1) is 13.0. The molecule has 1 aromatic carbocycles. The van der Waals surface area contributed by atoms with Crippen LogP contribution in [0.3, 0.4) is 0 Å². The summed E-state index contributed by atoms with van der Waals surface area (Å²) in [6.07, 6.45) is -7.81. The number of anilines is 1. The van der Waals surface area contributed by atoms with Crippen LogP contribution in [0.4, 0.5) is 5.69 Å². The first-order valence-corrected chi connectivity index (χ1v) is 4.40. The van der Waals surface area contributed by atoms with E-state index in [9.17, 15) is 0 Å². The van der Waals surface area contributed by atoms with Crippen molar-refractivity contribution in [3.8, 4) is 0 Å². The molecule has 1 nitrogen and oxygen atoms in total. The molecule has 0 N–H and O–H groups in total. The lowest BCUT2D eigenvalue weighted by Crippen LogP contribution is -2.32. The highest BCUT2D eigenvalue weighted by Crippen LogP contribution is 2.24. The Balaban J connectivity index is 3.07. The fourth-order valence-electron chi connectivity index (χ4n) is 0.797. The van der Waals surface area contributed by atoms with E-state index in [4.69, 9.17) is 21.9 Å². The molecule has 0 spiro atoms. The second kappa shape index (κ2) is 4.35. The van der Waals surface area contributed by atoms with Crippen LogP contribution in [0.2, 0.25) is 0 Å². The number of benzene rings is 1. The zero-order valence-electron chi connectivity index (χ0n) is 22.8. The molecule has 0 unspecified atom stereocenters. The van der Waals surface area contributed by atoms with Crippen LogP contribution in [0.15, 0.2) is 28.6 Å². The largest absolute Gasteiger partial charge is 0.372 e. The van der Waals surface area contributed by atoms with Crippen LogP contribution in [0.25, 0.3) is 0 Å². The molecule has 1 aliphatic heterocycles. The van der Waals surface area contributed by atoms with E-state index in [0.717, 1.165) is 0 Å². The number of hydrogen-bond acceptors (Lipinski definition) is 1. The summed E-state index contributed by atoms with van der Waals surface area (Å²) >= 11 is 2.81. The Hall–Kier alpha value is -0.500. The molecule has 2 rings (SSSR count). The molecule has 0 aliphatic carbocycles. The van der Waals surface area contributed by atoms with E-state index in [-0.39, 0.29) is 9.37 Å². The first-order valence-electron chi connectivity index (χ1n) is 11.6. The van der Waals surface area contributed by atoms with Gasteiger partial charge in [-0.1, -0.05) is 22.8 Å². The molecule has 0 aromatic heterocycles. The average molecular weight is 270 g/mol. The lowest BCUT2D eigenvalue weighted by Gasteiger charge is -2.32. The molecule has 1 fully saturated rings. The molecule has 0 radical (unpaired) electrons. The smallest absolute Gasteiger partial charge is 0.0645 e. The van der Waals surface area contributed by atoms with Crippen molar-refractivity contribution in [1.29, 1.82) is 0 Å². The van der Waals surface area contributed by atoms with E-state index < -0.39 is 68.3 Å². The van der Waals surface area contributed by atoms with Crippen molar-refractivity contribution >= 4 is 21.6 Å². The Morgan fingerprint density at radius 3 is 2.71 bits per heavy atom. The summed E-state index contributed by atoms with van der Waals surface area (Å²) in [6.45, 7) is -11.4. The summed E-state index contributed by atoms with van der Waals surface area (Å²) < 4.78 is 127. The van der Waals surface area contributed by atoms with E-state index in [1.165, 1.54) is 0 Å². The second-order valence-electron chi connectivity index (χ2n) is 2.35. The van der Waals surface area contributed by atoms with Gasteiger partial charge in [-0.3, -0.25) is 0 Å². The molecule has 1 aromatic rings. The Kier molecular flexibility index (Phi) is 0.704. The second-order valence-corrected chi connectivity index (χ2v) is 3.14. The monoisotopic (exact) mass is 269 g/mol. The SMILES string of the molecule is [2H]c1c([2H])c(N2C([2H])([2H])C([2H])([2H])C([2H])(C([2H])([2H])[2H])C([2H])([2H])C2([2H])[2H])c([2H])c([2H])c1Br. The minimum atomic E-state index is -3.94. The molecule has 1 heterocycles. The molecular weight excluding hydrogens is 238 g/mol. The minimum absolute atomic E-state index is 0.258. The van der Waals surface area contributed by atoms with Gasteiger partial charge in [-0.15, -0.1) is 0 Å². The molecule has 0 saturated carbocycles. The zero-order valence-corrected chi connectivity index (χ0v) is 8.41. The molecule has 1 aliphatic rings. The van der Waals surface area contributed by atoms with Gasteiger partial charge in [-0.05, 0) is 42.8 Å². The van der Waals surface area contributed by atoms with Crippen LogP contribution < -0.4 is 4.90 Å².